The highest BCUT2D eigenvalue weighted by Crippen LogP contribution is 2.46. The maximum atomic E-state index is 12.2. The number of rotatable bonds is 4. The van der Waals surface area contributed by atoms with Crippen LogP contribution in [-0.2, 0) is 0 Å². The number of carbonyl (C=O) groups is 1. The summed E-state index contributed by atoms with van der Waals surface area (Å²) in [7, 11) is 0. The van der Waals surface area contributed by atoms with E-state index < -0.39 is 0 Å². The van der Waals surface area contributed by atoms with Gasteiger partial charge in [-0.15, -0.1) is 16.4 Å². The van der Waals surface area contributed by atoms with E-state index in [1.807, 2.05) is 11.8 Å². The number of thiophene rings is 1. The minimum atomic E-state index is -0.110. The highest BCUT2D eigenvalue weighted by molar-refractivity contribution is 8.00. The van der Waals surface area contributed by atoms with Gasteiger partial charge in [0.2, 0.25) is 0 Å². The lowest BCUT2D eigenvalue weighted by Gasteiger charge is -2.12. The van der Waals surface area contributed by atoms with E-state index in [-0.39, 0.29) is 10.7 Å². The van der Waals surface area contributed by atoms with Gasteiger partial charge in [0, 0.05) is 16.7 Å². The van der Waals surface area contributed by atoms with Crippen molar-refractivity contribution in [3.63, 3.8) is 0 Å². The Kier molecular flexibility index (Phi) is 3.10. The molecule has 3 rings (SSSR count). The zero-order chi connectivity index (χ0) is 13.5. The largest absolute Gasteiger partial charge is 0.397 e. The molecule has 2 heterocycles. The molecule has 7 heteroatoms. The van der Waals surface area contributed by atoms with Gasteiger partial charge in [0.15, 0.2) is 0 Å². The number of amides is 1. The molecule has 0 atom stereocenters. The number of nitrogens with two attached hydrogens (primary N) is 1. The number of nitrogens with one attached hydrogen (secondary N) is 1. The van der Waals surface area contributed by atoms with Crippen LogP contribution < -0.4 is 11.1 Å². The number of nitrogens with zero attached hydrogens (tertiary/aromatic N) is 2. The van der Waals surface area contributed by atoms with Crippen molar-refractivity contribution in [1.82, 2.24) is 15.5 Å². The number of hydrogen-bond acceptors (Lipinski definition) is 6. The van der Waals surface area contributed by atoms with Crippen LogP contribution in [0.15, 0.2) is 12.3 Å². The number of fused-ring (bicyclic) bond motifs is 1. The van der Waals surface area contributed by atoms with Crippen molar-refractivity contribution in [3.8, 4) is 0 Å². The van der Waals surface area contributed by atoms with E-state index in [0.29, 0.717) is 21.9 Å². The van der Waals surface area contributed by atoms with Crippen molar-refractivity contribution in [1.29, 1.82) is 0 Å². The maximum absolute atomic E-state index is 12.2. The van der Waals surface area contributed by atoms with Gasteiger partial charge in [0.25, 0.3) is 5.91 Å². The molecule has 0 spiro atoms. The SMILES string of the molecule is CSC1(CNC(=O)c2sc3nnccc3c2N)CC1. The molecular weight excluding hydrogens is 280 g/mol. The molecule has 1 fully saturated rings. The summed E-state index contributed by atoms with van der Waals surface area (Å²) in [5.74, 6) is -0.110. The van der Waals surface area contributed by atoms with Crippen LogP contribution in [0.3, 0.4) is 0 Å². The smallest absolute Gasteiger partial charge is 0.263 e. The minimum Gasteiger partial charge on any atom is -0.397 e. The van der Waals surface area contributed by atoms with Gasteiger partial charge in [-0.3, -0.25) is 4.79 Å². The number of carbonyl (C=O) groups excluding carboxylic acids is 1. The van der Waals surface area contributed by atoms with Gasteiger partial charge in [-0.05, 0) is 25.2 Å². The summed E-state index contributed by atoms with van der Waals surface area (Å²) < 4.78 is 0.251. The minimum absolute atomic E-state index is 0.110. The molecule has 2 aromatic heterocycles. The van der Waals surface area contributed by atoms with Crippen molar-refractivity contribution in [2.24, 2.45) is 0 Å². The first-order chi connectivity index (χ1) is 9.15. The second kappa shape index (κ2) is 4.64. The third-order valence-electron chi connectivity index (χ3n) is 3.44. The second-order valence-electron chi connectivity index (χ2n) is 4.66. The standard InChI is InChI=1S/C12H14N4OS2/c1-18-12(3-4-12)6-14-10(17)9-8(13)7-2-5-15-16-11(7)19-9/h2,5H,3-4,6,13H2,1H3,(H,14,17). The van der Waals surface area contributed by atoms with Crippen LogP contribution in [0.1, 0.15) is 22.5 Å². The lowest BCUT2D eigenvalue weighted by molar-refractivity contribution is 0.0958. The summed E-state index contributed by atoms with van der Waals surface area (Å²) in [5, 5.41) is 11.6. The molecule has 0 aliphatic heterocycles. The average Bonchev–Trinajstić information content (AvgIpc) is 3.15. The highest BCUT2D eigenvalue weighted by Gasteiger charge is 2.42. The first kappa shape index (κ1) is 12.7. The molecule has 5 nitrogen and oxygen atoms in total. The highest BCUT2D eigenvalue weighted by atomic mass is 32.2. The molecular formula is C12H14N4OS2. The molecule has 0 radical (unpaired) electrons. The van der Waals surface area contributed by atoms with Crippen LogP contribution in [0.2, 0.25) is 0 Å². The molecule has 0 unspecified atom stereocenters. The monoisotopic (exact) mass is 294 g/mol. The van der Waals surface area contributed by atoms with E-state index in [1.54, 1.807) is 12.3 Å². The number of anilines is 1. The van der Waals surface area contributed by atoms with Crippen molar-refractivity contribution < 1.29 is 4.79 Å². The van der Waals surface area contributed by atoms with Gasteiger partial charge in [-0.25, -0.2) is 0 Å². The maximum Gasteiger partial charge on any atom is 0.263 e. The second-order valence-corrected chi connectivity index (χ2v) is 6.94. The topological polar surface area (TPSA) is 80.9 Å². The molecule has 1 saturated carbocycles. The molecule has 1 amide bonds. The zero-order valence-electron chi connectivity index (χ0n) is 10.5. The van der Waals surface area contributed by atoms with Crippen LogP contribution >= 0.6 is 23.1 Å². The van der Waals surface area contributed by atoms with Crippen LogP contribution in [0, 0.1) is 0 Å². The summed E-state index contributed by atoms with van der Waals surface area (Å²) in [5.41, 5.74) is 6.51. The summed E-state index contributed by atoms with van der Waals surface area (Å²) in [6.45, 7) is 0.701. The van der Waals surface area contributed by atoms with Crippen molar-refractivity contribution in [2.45, 2.75) is 17.6 Å². The van der Waals surface area contributed by atoms with Crippen LogP contribution in [-0.4, -0.2) is 33.7 Å². The summed E-state index contributed by atoms with van der Waals surface area (Å²) in [6.07, 6.45) is 6.01. The first-order valence-electron chi connectivity index (χ1n) is 5.98. The van der Waals surface area contributed by atoms with Crippen LogP contribution in [0.5, 0.6) is 0 Å². The summed E-state index contributed by atoms with van der Waals surface area (Å²) in [4.78, 5) is 13.4. The van der Waals surface area contributed by atoms with Crippen molar-refractivity contribution >= 4 is 44.9 Å². The van der Waals surface area contributed by atoms with Gasteiger partial charge in [-0.2, -0.15) is 16.9 Å². The Morgan fingerprint density at radius 1 is 1.63 bits per heavy atom. The zero-order valence-corrected chi connectivity index (χ0v) is 12.1. The average molecular weight is 294 g/mol. The van der Waals surface area contributed by atoms with E-state index in [4.69, 9.17) is 5.73 Å². The van der Waals surface area contributed by atoms with Crippen LogP contribution in [0.4, 0.5) is 5.69 Å². The van der Waals surface area contributed by atoms with Gasteiger partial charge in [0.1, 0.15) is 9.71 Å². The fourth-order valence-corrected chi connectivity index (χ4v) is 3.64. The van der Waals surface area contributed by atoms with E-state index in [2.05, 4.69) is 21.8 Å². The molecule has 0 saturated heterocycles. The molecule has 0 aromatic carbocycles. The first-order valence-corrected chi connectivity index (χ1v) is 8.02. The van der Waals surface area contributed by atoms with Gasteiger partial charge < -0.3 is 11.1 Å². The van der Waals surface area contributed by atoms with E-state index >= 15 is 0 Å². The van der Waals surface area contributed by atoms with Crippen LogP contribution in [0.25, 0.3) is 10.2 Å². The van der Waals surface area contributed by atoms with Gasteiger partial charge in [0.05, 0.1) is 11.9 Å². The van der Waals surface area contributed by atoms with E-state index in [1.165, 1.54) is 24.2 Å². The van der Waals surface area contributed by atoms with Gasteiger partial charge in [-0.1, -0.05) is 0 Å². The Balaban J connectivity index is 1.80. The predicted octanol–water partition coefficient (Wildman–Crippen LogP) is 1.90. The Hall–Kier alpha value is -1.34. The molecule has 0 bridgehead atoms. The molecule has 3 N–H and O–H groups in total. The number of hydrogen-bond donors (Lipinski definition) is 2. The molecule has 19 heavy (non-hydrogen) atoms. The fraction of sp³-hybridized carbons (Fsp3) is 0.417. The molecule has 1 aliphatic carbocycles. The molecule has 2 aromatic rings. The Morgan fingerprint density at radius 2 is 2.42 bits per heavy atom. The Labute approximate surface area is 119 Å². The van der Waals surface area contributed by atoms with Crippen molar-refractivity contribution in [2.75, 3.05) is 18.5 Å². The lowest BCUT2D eigenvalue weighted by atomic mass is 10.3. The third-order valence-corrected chi connectivity index (χ3v) is 5.96. The predicted molar refractivity (Wildman–Crippen MR) is 79.6 cm³/mol. The third kappa shape index (κ3) is 2.28. The molecule has 100 valence electrons. The molecule has 1 aliphatic rings. The summed E-state index contributed by atoms with van der Waals surface area (Å²) in [6, 6.07) is 1.79. The lowest BCUT2D eigenvalue weighted by Crippen LogP contribution is -2.31. The number of thioether (sulfide) groups is 1. The Bertz CT molecular complexity index is 636. The quantitative estimate of drug-likeness (QED) is 0.900. The van der Waals surface area contributed by atoms with E-state index in [0.717, 1.165) is 5.39 Å². The van der Waals surface area contributed by atoms with Crippen molar-refractivity contribution in [3.05, 3.63) is 17.1 Å². The fourth-order valence-electron chi connectivity index (χ4n) is 1.96. The normalized spacial score (nSPS) is 16.5. The summed E-state index contributed by atoms with van der Waals surface area (Å²) >= 11 is 3.11. The number of aromatic nitrogens is 2. The van der Waals surface area contributed by atoms with Gasteiger partial charge >= 0.3 is 0 Å². The Morgan fingerprint density at radius 3 is 3.05 bits per heavy atom. The number of nitrogen functional groups attached to an aromatic ring is 1. The van der Waals surface area contributed by atoms with E-state index in [9.17, 15) is 4.79 Å².